The number of ether oxygens (including phenoxy) is 1. The summed E-state index contributed by atoms with van der Waals surface area (Å²) in [6.45, 7) is 4.53. The minimum absolute atomic E-state index is 0.234. The van der Waals surface area contributed by atoms with Gasteiger partial charge in [0.2, 0.25) is 0 Å². The summed E-state index contributed by atoms with van der Waals surface area (Å²) >= 11 is 0. The highest BCUT2D eigenvalue weighted by Gasteiger charge is 2.13. The Morgan fingerprint density at radius 2 is 1.95 bits per heavy atom. The average Bonchev–Trinajstić information content (AvgIpc) is 2.44. The van der Waals surface area contributed by atoms with Crippen LogP contribution in [0, 0.1) is 5.92 Å². The van der Waals surface area contributed by atoms with E-state index in [0.29, 0.717) is 0 Å². The lowest BCUT2D eigenvalue weighted by atomic mass is 9.90. The van der Waals surface area contributed by atoms with Gasteiger partial charge in [0.15, 0.2) is 0 Å². The van der Waals surface area contributed by atoms with Gasteiger partial charge in [-0.1, -0.05) is 57.7 Å². The summed E-state index contributed by atoms with van der Waals surface area (Å²) in [5.74, 6) is 1.73. The van der Waals surface area contributed by atoms with E-state index in [0.717, 1.165) is 24.5 Å². The number of para-hydroxylation sites is 1. The highest BCUT2D eigenvalue weighted by atomic mass is 16.5. The molecule has 0 radical (unpaired) electrons. The predicted molar refractivity (Wildman–Crippen MR) is 82.6 cm³/mol. The third kappa shape index (κ3) is 5.65. The number of unbranched alkanes of at least 4 members (excludes halogenated alkanes) is 1. The highest BCUT2D eigenvalue weighted by molar-refractivity contribution is 5.33. The zero-order chi connectivity index (χ0) is 14.1. The molecule has 0 spiro atoms. The number of rotatable bonds is 9. The fourth-order valence-electron chi connectivity index (χ4n) is 2.65. The first-order chi connectivity index (χ1) is 9.21. The Bertz CT molecular complexity index is 351. The van der Waals surface area contributed by atoms with Crippen LogP contribution >= 0.6 is 0 Å². The number of nitrogens with two attached hydrogens (primary N) is 1. The van der Waals surface area contributed by atoms with E-state index in [4.69, 9.17) is 10.5 Å². The van der Waals surface area contributed by atoms with E-state index in [2.05, 4.69) is 26.0 Å². The Labute approximate surface area is 118 Å². The Morgan fingerprint density at radius 1 is 1.21 bits per heavy atom. The number of hydrogen-bond acceptors (Lipinski definition) is 2. The van der Waals surface area contributed by atoms with Crippen molar-refractivity contribution in [1.29, 1.82) is 0 Å². The van der Waals surface area contributed by atoms with Gasteiger partial charge in [0.25, 0.3) is 0 Å². The molecule has 108 valence electrons. The van der Waals surface area contributed by atoms with Crippen molar-refractivity contribution in [1.82, 2.24) is 0 Å². The molecule has 0 heterocycles. The molecule has 2 unspecified atom stereocenters. The van der Waals surface area contributed by atoms with Crippen molar-refractivity contribution < 1.29 is 4.74 Å². The van der Waals surface area contributed by atoms with Crippen molar-refractivity contribution in [2.45, 2.75) is 58.4 Å². The molecule has 0 aliphatic rings. The van der Waals surface area contributed by atoms with Gasteiger partial charge in [0.1, 0.15) is 5.75 Å². The van der Waals surface area contributed by atoms with Crippen LogP contribution in [0.4, 0.5) is 0 Å². The first-order valence-electron chi connectivity index (χ1n) is 7.58. The van der Waals surface area contributed by atoms with Crippen molar-refractivity contribution in [3.8, 4) is 5.75 Å². The average molecular weight is 263 g/mol. The summed E-state index contributed by atoms with van der Waals surface area (Å²) in [6.07, 6.45) is 7.17. The summed E-state index contributed by atoms with van der Waals surface area (Å²) in [5, 5.41) is 0. The molecule has 1 aromatic carbocycles. The van der Waals surface area contributed by atoms with Crippen LogP contribution in [0.2, 0.25) is 0 Å². The minimum Gasteiger partial charge on any atom is -0.496 e. The van der Waals surface area contributed by atoms with Crippen LogP contribution in [0.3, 0.4) is 0 Å². The number of hydrogen-bond donors (Lipinski definition) is 1. The van der Waals surface area contributed by atoms with Gasteiger partial charge in [0, 0.05) is 6.04 Å². The van der Waals surface area contributed by atoms with Crippen LogP contribution in [-0.2, 0) is 6.42 Å². The molecule has 2 heteroatoms. The first-order valence-corrected chi connectivity index (χ1v) is 7.58. The van der Waals surface area contributed by atoms with Crippen LogP contribution in [0.5, 0.6) is 5.75 Å². The van der Waals surface area contributed by atoms with Gasteiger partial charge < -0.3 is 10.5 Å². The molecule has 0 aliphatic carbocycles. The predicted octanol–water partition coefficient (Wildman–Crippen LogP) is 4.17. The van der Waals surface area contributed by atoms with Crippen LogP contribution in [0.1, 0.15) is 51.5 Å². The van der Waals surface area contributed by atoms with Gasteiger partial charge in [-0.2, -0.15) is 0 Å². The summed E-state index contributed by atoms with van der Waals surface area (Å²) < 4.78 is 5.39. The molecule has 2 N–H and O–H groups in total. The molecule has 1 rings (SSSR count). The van der Waals surface area contributed by atoms with Gasteiger partial charge in [-0.05, 0) is 30.4 Å². The molecule has 0 aliphatic heterocycles. The van der Waals surface area contributed by atoms with E-state index in [1.54, 1.807) is 7.11 Å². The summed E-state index contributed by atoms with van der Waals surface area (Å²) in [6, 6.07) is 8.42. The van der Waals surface area contributed by atoms with Crippen LogP contribution in [0.15, 0.2) is 24.3 Å². The van der Waals surface area contributed by atoms with Crippen LogP contribution in [-0.4, -0.2) is 13.2 Å². The van der Waals surface area contributed by atoms with E-state index in [1.807, 2.05) is 12.1 Å². The smallest absolute Gasteiger partial charge is 0.122 e. The fourth-order valence-corrected chi connectivity index (χ4v) is 2.65. The molecule has 0 saturated carbocycles. The zero-order valence-electron chi connectivity index (χ0n) is 12.7. The Hall–Kier alpha value is -1.02. The lowest BCUT2D eigenvalue weighted by Crippen LogP contribution is -2.26. The molecule has 1 aromatic rings. The highest BCUT2D eigenvalue weighted by Crippen LogP contribution is 2.23. The van der Waals surface area contributed by atoms with Crippen molar-refractivity contribution in [3.63, 3.8) is 0 Å². The van der Waals surface area contributed by atoms with E-state index < -0.39 is 0 Å². The van der Waals surface area contributed by atoms with Gasteiger partial charge >= 0.3 is 0 Å². The third-order valence-electron chi connectivity index (χ3n) is 3.85. The van der Waals surface area contributed by atoms with Crippen molar-refractivity contribution in [3.05, 3.63) is 29.8 Å². The summed E-state index contributed by atoms with van der Waals surface area (Å²) in [7, 11) is 1.72. The molecule has 0 saturated heterocycles. The second-order valence-electron chi connectivity index (χ2n) is 5.43. The van der Waals surface area contributed by atoms with Crippen molar-refractivity contribution in [2.24, 2.45) is 11.7 Å². The summed E-state index contributed by atoms with van der Waals surface area (Å²) in [4.78, 5) is 0. The monoisotopic (exact) mass is 263 g/mol. The van der Waals surface area contributed by atoms with Gasteiger partial charge in [-0.15, -0.1) is 0 Å². The van der Waals surface area contributed by atoms with Gasteiger partial charge in [-0.3, -0.25) is 0 Å². The summed E-state index contributed by atoms with van der Waals surface area (Å²) in [5.41, 5.74) is 7.55. The topological polar surface area (TPSA) is 35.2 Å². The van der Waals surface area contributed by atoms with Crippen LogP contribution < -0.4 is 10.5 Å². The van der Waals surface area contributed by atoms with E-state index in [9.17, 15) is 0 Å². The molecule has 2 atom stereocenters. The Balaban J connectivity index is 2.51. The van der Waals surface area contributed by atoms with Crippen LogP contribution in [0.25, 0.3) is 0 Å². The second-order valence-corrected chi connectivity index (χ2v) is 5.43. The molecular weight excluding hydrogens is 234 g/mol. The van der Waals surface area contributed by atoms with E-state index >= 15 is 0 Å². The largest absolute Gasteiger partial charge is 0.496 e. The van der Waals surface area contributed by atoms with Gasteiger partial charge in [-0.25, -0.2) is 0 Å². The normalized spacial score (nSPS) is 14.1. The second kappa shape index (κ2) is 8.98. The van der Waals surface area contributed by atoms with Crippen molar-refractivity contribution >= 4 is 0 Å². The quantitative estimate of drug-likeness (QED) is 0.725. The minimum atomic E-state index is 0.234. The molecule has 0 aromatic heterocycles. The number of methoxy groups -OCH3 is 1. The molecule has 0 bridgehead atoms. The van der Waals surface area contributed by atoms with Crippen molar-refractivity contribution in [2.75, 3.05) is 7.11 Å². The maximum atomic E-state index is 6.32. The standard InChI is InChI=1S/C17H29NO/c1-4-6-9-14(5-2)12-16(18)13-15-10-7-8-11-17(15)19-3/h7-8,10-11,14,16H,4-6,9,12-13,18H2,1-3H3. The van der Waals surface area contributed by atoms with E-state index in [-0.39, 0.29) is 6.04 Å². The van der Waals surface area contributed by atoms with Gasteiger partial charge in [0.05, 0.1) is 7.11 Å². The molecule has 0 amide bonds. The lowest BCUT2D eigenvalue weighted by Gasteiger charge is -2.20. The lowest BCUT2D eigenvalue weighted by molar-refractivity contribution is 0.376. The zero-order valence-corrected chi connectivity index (χ0v) is 12.7. The maximum absolute atomic E-state index is 6.32. The SMILES string of the molecule is CCCCC(CC)CC(N)Cc1ccccc1OC. The molecular formula is C17H29NO. The fraction of sp³-hybridized carbons (Fsp3) is 0.647. The van der Waals surface area contributed by atoms with E-state index in [1.165, 1.54) is 31.2 Å². The maximum Gasteiger partial charge on any atom is 0.122 e. The molecule has 0 fully saturated rings. The molecule has 2 nitrogen and oxygen atoms in total. The Kier molecular flexibility index (Phi) is 7.57. The molecule has 19 heavy (non-hydrogen) atoms. The first kappa shape index (κ1) is 16.0. The number of benzene rings is 1. The Morgan fingerprint density at radius 3 is 2.58 bits per heavy atom. The third-order valence-corrected chi connectivity index (χ3v) is 3.85.